The summed E-state index contributed by atoms with van der Waals surface area (Å²) in [6.07, 6.45) is 2.32. The number of rotatable bonds is 3. The first kappa shape index (κ1) is 12.0. The third kappa shape index (κ3) is 2.31. The van der Waals surface area contributed by atoms with E-state index in [1.165, 1.54) is 11.3 Å². The normalized spacial score (nSPS) is 24.9. The maximum atomic E-state index is 12.2. The molecule has 2 amide bonds. The molecule has 5 nitrogen and oxygen atoms in total. The molecule has 1 aromatic heterocycles. The maximum Gasteiger partial charge on any atom is 0.248 e. The van der Waals surface area contributed by atoms with Gasteiger partial charge in [0.1, 0.15) is 12.1 Å². The Kier molecular flexibility index (Phi) is 3.15. The van der Waals surface area contributed by atoms with Gasteiger partial charge in [0, 0.05) is 11.1 Å². The average Bonchev–Trinajstić information content (AvgIpc) is 2.78. The quantitative estimate of drug-likeness (QED) is 0.865. The van der Waals surface area contributed by atoms with Gasteiger partial charge in [-0.15, -0.1) is 11.3 Å². The highest BCUT2D eigenvalue weighted by atomic mass is 32.1. The maximum absolute atomic E-state index is 12.2. The van der Waals surface area contributed by atoms with Gasteiger partial charge >= 0.3 is 0 Å². The first-order valence-electron chi connectivity index (χ1n) is 5.53. The molecule has 0 aliphatic carbocycles. The van der Waals surface area contributed by atoms with Gasteiger partial charge in [0.2, 0.25) is 11.8 Å². The summed E-state index contributed by atoms with van der Waals surface area (Å²) in [5, 5.41) is 2.76. The molecule has 0 aromatic carbocycles. The van der Waals surface area contributed by atoms with E-state index in [0.717, 1.165) is 4.88 Å². The molecule has 1 aliphatic rings. The highest BCUT2D eigenvalue weighted by molar-refractivity contribution is 7.09. The lowest BCUT2D eigenvalue weighted by Gasteiger charge is -2.39. The van der Waals surface area contributed by atoms with Crippen molar-refractivity contribution in [1.82, 2.24) is 15.2 Å². The number of carbonyl (C=O) groups is 2. The number of hydrogen-bond donors (Lipinski definition) is 1. The van der Waals surface area contributed by atoms with Crippen LogP contribution in [-0.4, -0.2) is 33.8 Å². The molecule has 1 N–H and O–H groups in total. The number of carbonyl (C=O) groups excluding carboxylic acids is 2. The lowest BCUT2D eigenvalue weighted by Crippen LogP contribution is -2.64. The zero-order valence-corrected chi connectivity index (χ0v) is 10.7. The van der Waals surface area contributed by atoms with E-state index in [-0.39, 0.29) is 18.4 Å². The third-order valence-electron chi connectivity index (χ3n) is 3.05. The molecule has 1 unspecified atom stereocenters. The molecule has 1 atom stereocenters. The molecule has 2 rings (SSSR count). The highest BCUT2D eigenvalue weighted by Crippen LogP contribution is 2.20. The second-order valence-electron chi connectivity index (χ2n) is 4.36. The molecule has 1 aromatic rings. The van der Waals surface area contributed by atoms with Crippen molar-refractivity contribution >= 4 is 23.2 Å². The average molecular weight is 253 g/mol. The third-order valence-corrected chi connectivity index (χ3v) is 3.81. The molecule has 1 saturated heterocycles. The number of thiazole rings is 1. The predicted molar refractivity (Wildman–Crippen MR) is 64.4 cm³/mol. The van der Waals surface area contributed by atoms with Crippen LogP contribution in [0.3, 0.4) is 0 Å². The highest BCUT2D eigenvalue weighted by Gasteiger charge is 2.41. The zero-order valence-electron chi connectivity index (χ0n) is 9.90. The minimum absolute atomic E-state index is 0.0204. The van der Waals surface area contributed by atoms with E-state index >= 15 is 0 Å². The van der Waals surface area contributed by atoms with Gasteiger partial charge in [0.15, 0.2) is 0 Å². The first-order valence-corrected chi connectivity index (χ1v) is 6.41. The topological polar surface area (TPSA) is 62.3 Å². The molecule has 0 saturated carbocycles. The summed E-state index contributed by atoms with van der Waals surface area (Å²) in [6.45, 7) is 4.26. The van der Waals surface area contributed by atoms with Gasteiger partial charge in [0.05, 0.1) is 12.1 Å². The van der Waals surface area contributed by atoms with Crippen molar-refractivity contribution in [2.24, 2.45) is 0 Å². The Morgan fingerprint density at radius 1 is 1.59 bits per heavy atom. The van der Waals surface area contributed by atoms with Gasteiger partial charge < -0.3 is 10.2 Å². The fourth-order valence-electron chi connectivity index (χ4n) is 1.87. The standard InChI is InChI=1S/C11H15N3O2S/c1-3-11(2)10(16)14(6-9(15)13-11)5-8-4-12-7-17-8/h4,7H,3,5-6H2,1-2H3,(H,13,15). The SMILES string of the molecule is CCC1(C)NC(=O)CN(Cc2cncs2)C1=O. The van der Waals surface area contributed by atoms with E-state index in [1.807, 2.05) is 6.92 Å². The second kappa shape index (κ2) is 4.44. The Hall–Kier alpha value is -1.43. The Labute approximate surface area is 104 Å². The molecular weight excluding hydrogens is 238 g/mol. The van der Waals surface area contributed by atoms with Crippen LogP contribution in [0, 0.1) is 0 Å². The summed E-state index contributed by atoms with van der Waals surface area (Å²) >= 11 is 1.49. The summed E-state index contributed by atoms with van der Waals surface area (Å²) in [6, 6.07) is 0. The van der Waals surface area contributed by atoms with Gasteiger partial charge in [-0.25, -0.2) is 0 Å². The second-order valence-corrected chi connectivity index (χ2v) is 5.33. The van der Waals surface area contributed by atoms with Crippen molar-refractivity contribution in [3.8, 4) is 0 Å². The minimum Gasteiger partial charge on any atom is -0.340 e. The van der Waals surface area contributed by atoms with Crippen LogP contribution in [-0.2, 0) is 16.1 Å². The summed E-state index contributed by atoms with van der Waals surface area (Å²) < 4.78 is 0. The molecule has 92 valence electrons. The van der Waals surface area contributed by atoms with Crippen molar-refractivity contribution in [3.05, 3.63) is 16.6 Å². The van der Waals surface area contributed by atoms with Crippen molar-refractivity contribution in [2.75, 3.05) is 6.54 Å². The first-order chi connectivity index (χ1) is 8.05. The lowest BCUT2D eigenvalue weighted by molar-refractivity contribution is -0.149. The monoisotopic (exact) mass is 253 g/mol. The van der Waals surface area contributed by atoms with E-state index in [2.05, 4.69) is 10.3 Å². The smallest absolute Gasteiger partial charge is 0.248 e. The van der Waals surface area contributed by atoms with Crippen molar-refractivity contribution in [3.63, 3.8) is 0 Å². The number of hydrogen-bond acceptors (Lipinski definition) is 4. The van der Waals surface area contributed by atoms with E-state index in [0.29, 0.717) is 13.0 Å². The molecule has 0 bridgehead atoms. The molecule has 1 fully saturated rings. The number of nitrogens with one attached hydrogen (secondary N) is 1. The van der Waals surface area contributed by atoms with Gasteiger partial charge in [-0.05, 0) is 13.3 Å². The molecule has 1 aliphatic heterocycles. The van der Waals surface area contributed by atoms with Gasteiger partial charge in [-0.1, -0.05) is 6.92 Å². The van der Waals surface area contributed by atoms with Gasteiger partial charge in [0.25, 0.3) is 0 Å². The minimum atomic E-state index is -0.764. The van der Waals surface area contributed by atoms with Crippen molar-refractivity contribution < 1.29 is 9.59 Å². The largest absolute Gasteiger partial charge is 0.340 e. The van der Waals surface area contributed by atoms with Gasteiger partial charge in [-0.3, -0.25) is 14.6 Å². The van der Waals surface area contributed by atoms with Crippen LogP contribution in [0.25, 0.3) is 0 Å². The van der Waals surface area contributed by atoms with Crippen LogP contribution in [0.15, 0.2) is 11.7 Å². The summed E-state index contributed by atoms with van der Waals surface area (Å²) in [5.41, 5.74) is 0.961. The van der Waals surface area contributed by atoms with Crippen LogP contribution < -0.4 is 5.32 Å². The molecule has 2 heterocycles. The molecule has 6 heteroatoms. The van der Waals surface area contributed by atoms with E-state index in [1.54, 1.807) is 23.5 Å². The number of piperazine rings is 1. The summed E-state index contributed by atoms with van der Waals surface area (Å²) in [5.74, 6) is -0.119. The number of amides is 2. The van der Waals surface area contributed by atoms with Gasteiger partial charge in [-0.2, -0.15) is 0 Å². The molecule has 17 heavy (non-hydrogen) atoms. The Bertz CT molecular complexity index is 432. The Balaban J connectivity index is 2.16. The Morgan fingerprint density at radius 3 is 2.94 bits per heavy atom. The Morgan fingerprint density at radius 2 is 2.35 bits per heavy atom. The van der Waals surface area contributed by atoms with Crippen LogP contribution in [0.4, 0.5) is 0 Å². The number of aromatic nitrogens is 1. The van der Waals surface area contributed by atoms with E-state index in [9.17, 15) is 9.59 Å². The predicted octanol–water partition coefficient (Wildman–Crippen LogP) is 0.770. The fourth-order valence-corrected chi connectivity index (χ4v) is 2.48. The van der Waals surface area contributed by atoms with E-state index in [4.69, 9.17) is 0 Å². The lowest BCUT2D eigenvalue weighted by atomic mass is 9.94. The molecular formula is C11H15N3O2S. The van der Waals surface area contributed by atoms with Crippen LogP contribution in [0.5, 0.6) is 0 Å². The fraction of sp³-hybridized carbons (Fsp3) is 0.545. The molecule has 0 spiro atoms. The van der Waals surface area contributed by atoms with E-state index < -0.39 is 5.54 Å². The van der Waals surface area contributed by atoms with Crippen molar-refractivity contribution in [1.29, 1.82) is 0 Å². The summed E-state index contributed by atoms with van der Waals surface area (Å²) in [7, 11) is 0. The van der Waals surface area contributed by atoms with Crippen molar-refractivity contribution in [2.45, 2.75) is 32.4 Å². The molecule has 0 radical (unpaired) electrons. The zero-order chi connectivity index (χ0) is 12.5. The summed E-state index contributed by atoms with van der Waals surface area (Å²) in [4.78, 5) is 30.4. The van der Waals surface area contributed by atoms with Crippen LogP contribution in [0.1, 0.15) is 25.1 Å². The van der Waals surface area contributed by atoms with Crippen LogP contribution in [0.2, 0.25) is 0 Å². The van der Waals surface area contributed by atoms with Crippen LogP contribution >= 0.6 is 11.3 Å². The number of nitrogens with zero attached hydrogens (tertiary/aromatic N) is 2.